The van der Waals surface area contributed by atoms with Crippen molar-refractivity contribution in [2.45, 2.75) is 25.4 Å². The first-order valence-electron chi connectivity index (χ1n) is 10.6. The molecule has 1 unspecified atom stereocenters. The minimum Gasteiger partial charge on any atom is -0.492 e. The van der Waals surface area contributed by atoms with Gasteiger partial charge in [0, 0.05) is 36.9 Å². The van der Waals surface area contributed by atoms with Gasteiger partial charge in [-0.25, -0.2) is 9.37 Å². The number of halogens is 1. The fraction of sp³-hybridized carbons (Fsp3) is 0.348. The number of allylic oxidation sites excluding steroid dienone is 2. The van der Waals surface area contributed by atoms with Crippen molar-refractivity contribution in [2.24, 2.45) is 0 Å². The number of rotatable bonds is 10. The van der Waals surface area contributed by atoms with Gasteiger partial charge in [0.15, 0.2) is 11.6 Å². The predicted octanol–water partition coefficient (Wildman–Crippen LogP) is 2.06. The molecular weight excluding hydrogens is 429 g/mol. The molecule has 2 aliphatic rings. The highest BCUT2D eigenvalue weighted by molar-refractivity contribution is 6.03. The van der Waals surface area contributed by atoms with Crippen molar-refractivity contribution in [3.05, 3.63) is 66.4 Å². The second-order valence-electron chi connectivity index (χ2n) is 7.65. The van der Waals surface area contributed by atoms with E-state index in [2.05, 4.69) is 40.7 Å². The Morgan fingerprint density at radius 2 is 2.15 bits per heavy atom. The molecule has 0 radical (unpaired) electrons. The smallest absolute Gasteiger partial charge is 0.255 e. The van der Waals surface area contributed by atoms with Gasteiger partial charge in [0.2, 0.25) is 5.91 Å². The number of likely N-dealkylation sites (tertiary alicyclic amines) is 1. The van der Waals surface area contributed by atoms with Crippen LogP contribution in [-0.2, 0) is 16.1 Å². The highest BCUT2D eigenvalue weighted by Gasteiger charge is 2.31. The van der Waals surface area contributed by atoms with Gasteiger partial charge in [-0.2, -0.15) is 0 Å². The largest absolute Gasteiger partial charge is 0.492 e. The summed E-state index contributed by atoms with van der Waals surface area (Å²) in [6.07, 6.45) is 5.88. The molecule has 1 aromatic heterocycles. The molecule has 2 amide bonds. The highest BCUT2D eigenvalue weighted by Crippen LogP contribution is 2.31. The molecule has 0 bridgehead atoms. The molecular formula is C23H28FN5O4. The number of pyridine rings is 1. The third kappa shape index (κ3) is 5.78. The highest BCUT2D eigenvalue weighted by atomic mass is 19.1. The van der Waals surface area contributed by atoms with Crippen molar-refractivity contribution in [3.8, 4) is 0 Å². The van der Waals surface area contributed by atoms with E-state index < -0.39 is 11.7 Å². The molecule has 1 aromatic rings. The van der Waals surface area contributed by atoms with Crippen LogP contribution in [0.1, 0.15) is 28.8 Å². The maximum atomic E-state index is 15.2. The minimum atomic E-state index is -0.604. The molecule has 176 valence electrons. The van der Waals surface area contributed by atoms with Crippen LogP contribution in [0.4, 0.5) is 16.0 Å². The zero-order valence-corrected chi connectivity index (χ0v) is 18.3. The van der Waals surface area contributed by atoms with Gasteiger partial charge in [-0.15, -0.1) is 0 Å². The van der Waals surface area contributed by atoms with E-state index in [4.69, 9.17) is 9.84 Å². The fourth-order valence-corrected chi connectivity index (χ4v) is 3.70. The number of nitrogens with one attached hydrogen (secondary N) is 3. The molecule has 9 nitrogen and oxygen atoms in total. The van der Waals surface area contributed by atoms with Crippen molar-refractivity contribution in [2.75, 3.05) is 36.9 Å². The Kier molecular flexibility index (Phi) is 7.83. The fourth-order valence-electron chi connectivity index (χ4n) is 3.70. The average molecular weight is 458 g/mol. The molecule has 0 aromatic carbocycles. The van der Waals surface area contributed by atoms with Crippen LogP contribution in [0.25, 0.3) is 0 Å². The van der Waals surface area contributed by atoms with Crippen LogP contribution in [0.5, 0.6) is 0 Å². The Hall–Kier alpha value is -3.66. The number of hydrogen-bond donors (Lipinski definition) is 4. The van der Waals surface area contributed by atoms with Crippen molar-refractivity contribution < 1.29 is 23.8 Å². The zero-order valence-electron chi connectivity index (χ0n) is 18.3. The van der Waals surface area contributed by atoms with E-state index in [0.717, 1.165) is 12.8 Å². The molecule has 1 fully saturated rings. The van der Waals surface area contributed by atoms with Gasteiger partial charge >= 0.3 is 0 Å². The van der Waals surface area contributed by atoms with E-state index in [0.29, 0.717) is 24.5 Å². The number of carbonyl (C=O) groups excluding carboxylic acids is 2. The van der Waals surface area contributed by atoms with Crippen molar-refractivity contribution in [1.29, 1.82) is 0 Å². The van der Waals surface area contributed by atoms with Crippen LogP contribution >= 0.6 is 0 Å². The van der Waals surface area contributed by atoms with E-state index >= 15 is 4.39 Å². The topological polar surface area (TPSA) is 116 Å². The maximum absolute atomic E-state index is 15.2. The molecule has 3 rings (SSSR count). The molecule has 3 heterocycles. The summed E-state index contributed by atoms with van der Waals surface area (Å²) >= 11 is 0. The average Bonchev–Trinajstić information content (AvgIpc) is 3.21. The number of aromatic nitrogens is 1. The third-order valence-electron chi connectivity index (χ3n) is 5.26. The number of aliphatic hydroxyl groups excluding tert-OH is 1. The summed E-state index contributed by atoms with van der Waals surface area (Å²) < 4.78 is 20.3. The van der Waals surface area contributed by atoms with Gasteiger partial charge in [0.25, 0.3) is 5.91 Å². The first-order valence-corrected chi connectivity index (χ1v) is 10.6. The van der Waals surface area contributed by atoms with Crippen LogP contribution in [0.15, 0.2) is 49.4 Å². The van der Waals surface area contributed by atoms with Crippen LogP contribution in [0.3, 0.4) is 0 Å². The lowest BCUT2D eigenvalue weighted by atomic mass is 10.0. The van der Waals surface area contributed by atoms with E-state index in [1.807, 2.05) is 0 Å². The number of ether oxygens (including phenoxy) is 1. The molecule has 1 atom stereocenters. The molecule has 10 heteroatoms. The quantitative estimate of drug-likeness (QED) is 0.241. The summed E-state index contributed by atoms with van der Waals surface area (Å²) in [5, 5.41) is 17.4. The summed E-state index contributed by atoms with van der Waals surface area (Å²) in [5.41, 5.74) is 0.702. The monoisotopic (exact) mass is 457 g/mol. The second-order valence-corrected chi connectivity index (χ2v) is 7.65. The Morgan fingerprint density at radius 3 is 2.88 bits per heavy atom. The number of amides is 2. The van der Waals surface area contributed by atoms with Crippen LogP contribution in [-0.4, -0.2) is 59.1 Å². The van der Waals surface area contributed by atoms with Gasteiger partial charge in [-0.1, -0.05) is 19.7 Å². The summed E-state index contributed by atoms with van der Waals surface area (Å²) in [6.45, 7) is 12.1. The summed E-state index contributed by atoms with van der Waals surface area (Å²) in [6, 6.07) is -0.198. The number of hydrogen-bond acceptors (Lipinski definition) is 7. The second kappa shape index (κ2) is 10.8. The van der Waals surface area contributed by atoms with Gasteiger partial charge in [-0.3, -0.25) is 9.59 Å². The van der Waals surface area contributed by atoms with Gasteiger partial charge < -0.3 is 30.7 Å². The molecule has 4 N–H and O–H groups in total. The maximum Gasteiger partial charge on any atom is 0.255 e. The lowest BCUT2D eigenvalue weighted by Gasteiger charge is -2.33. The SMILES string of the molecule is C=CC(=O)N1CCCC(Nc2nc(NC(=C)/C=C\C(=C)OCCO)c3c(c2F)CNC3=O)C1. The Labute approximate surface area is 191 Å². The number of nitrogens with zero attached hydrogens (tertiary/aromatic N) is 2. The Morgan fingerprint density at radius 1 is 1.36 bits per heavy atom. The molecule has 2 aliphatic heterocycles. The first-order chi connectivity index (χ1) is 15.8. The van der Waals surface area contributed by atoms with E-state index in [1.54, 1.807) is 17.1 Å². The van der Waals surface area contributed by atoms with Crippen LogP contribution in [0, 0.1) is 5.82 Å². The van der Waals surface area contributed by atoms with Gasteiger partial charge in [-0.05, 0) is 31.1 Å². The Balaban J connectivity index is 1.80. The normalized spacial score (nSPS) is 17.3. The lowest BCUT2D eigenvalue weighted by molar-refractivity contribution is -0.127. The van der Waals surface area contributed by atoms with Crippen LogP contribution in [0.2, 0.25) is 0 Å². The van der Waals surface area contributed by atoms with E-state index in [9.17, 15) is 9.59 Å². The summed E-state index contributed by atoms with van der Waals surface area (Å²) in [4.78, 5) is 30.3. The lowest BCUT2D eigenvalue weighted by Crippen LogP contribution is -2.44. The van der Waals surface area contributed by atoms with Crippen molar-refractivity contribution in [3.63, 3.8) is 0 Å². The van der Waals surface area contributed by atoms with E-state index in [-0.39, 0.29) is 54.5 Å². The van der Waals surface area contributed by atoms with E-state index in [1.165, 1.54) is 6.08 Å². The molecule has 0 aliphatic carbocycles. The predicted molar refractivity (Wildman–Crippen MR) is 123 cm³/mol. The number of piperidine rings is 1. The van der Waals surface area contributed by atoms with Gasteiger partial charge in [0.05, 0.1) is 12.2 Å². The van der Waals surface area contributed by atoms with Crippen molar-refractivity contribution >= 4 is 23.5 Å². The van der Waals surface area contributed by atoms with Gasteiger partial charge in [0.1, 0.15) is 18.2 Å². The summed E-state index contributed by atoms with van der Waals surface area (Å²) in [7, 11) is 0. The third-order valence-corrected chi connectivity index (χ3v) is 5.26. The number of aliphatic hydroxyl groups is 1. The molecule has 0 spiro atoms. The zero-order chi connectivity index (χ0) is 24.0. The Bertz CT molecular complexity index is 1010. The number of anilines is 2. The standard InChI is InChI=1S/C23H28FN5O4/c1-4-18(31)29-9-5-6-16(13-29)27-22-20(24)17-12-25-23(32)19(17)21(28-22)26-14(2)7-8-15(3)33-11-10-30/h4,7-8,16,30H,1-3,5-6,9-13H2,(H,25,32)(H2,26,27,28)/b8-7-. The number of carbonyl (C=O) groups is 2. The van der Waals surface area contributed by atoms with Crippen molar-refractivity contribution in [1.82, 2.24) is 15.2 Å². The summed E-state index contributed by atoms with van der Waals surface area (Å²) in [5.74, 6) is -0.728. The molecule has 1 saturated heterocycles. The first kappa shape index (κ1) is 24.0. The van der Waals surface area contributed by atoms with Crippen LogP contribution < -0.4 is 16.0 Å². The number of fused-ring (bicyclic) bond motifs is 1. The molecule has 33 heavy (non-hydrogen) atoms. The molecule has 0 saturated carbocycles. The minimum absolute atomic E-state index is 0.00174.